The number of hydrazone groups is 1. The van der Waals surface area contributed by atoms with Crippen molar-refractivity contribution in [2.45, 2.75) is 6.92 Å². The highest BCUT2D eigenvalue weighted by Gasteiger charge is 2.27. The fourth-order valence-electron chi connectivity index (χ4n) is 2.51. The Kier molecular flexibility index (Phi) is 6.80. The minimum atomic E-state index is -0.555. The third-order valence-corrected chi connectivity index (χ3v) is 4.76. The molecule has 0 fully saturated rings. The number of rotatable bonds is 4. The van der Waals surface area contributed by atoms with Gasteiger partial charge in [0.2, 0.25) is 0 Å². The molecule has 0 aromatic heterocycles. The molecule has 8 heteroatoms. The highest BCUT2D eigenvalue weighted by atomic mass is 32.2. The molecule has 29 heavy (non-hydrogen) atoms. The van der Waals surface area contributed by atoms with Gasteiger partial charge in [0.25, 0.3) is 11.8 Å². The molecule has 0 aliphatic carbocycles. The fourth-order valence-corrected chi connectivity index (χ4v) is 3.30. The molecule has 1 aliphatic rings. The van der Waals surface area contributed by atoms with Crippen LogP contribution in [-0.2, 0) is 9.53 Å². The van der Waals surface area contributed by atoms with Gasteiger partial charge in [-0.15, -0.1) is 5.10 Å². The molecule has 0 atom stereocenters. The number of thioether (sulfide) groups is 1. The number of amidine groups is 1. The summed E-state index contributed by atoms with van der Waals surface area (Å²) >= 11 is 1.22. The Hall–Kier alpha value is -3.39. The predicted molar refractivity (Wildman–Crippen MR) is 111 cm³/mol. The van der Waals surface area contributed by atoms with Crippen LogP contribution in [0.2, 0.25) is 0 Å². The van der Waals surface area contributed by atoms with E-state index in [0.717, 1.165) is 5.01 Å². The maximum absolute atomic E-state index is 13.0. The molecule has 1 aliphatic heterocycles. The van der Waals surface area contributed by atoms with Crippen LogP contribution in [0.25, 0.3) is 0 Å². The summed E-state index contributed by atoms with van der Waals surface area (Å²) in [6.45, 7) is 1.93. The molecule has 1 heterocycles. The van der Waals surface area contributed by atoms with Crippen LogP contribution in [0.5, 0.6) is 0 Å². The van der Waals surface area contributed by atoms with Crippen molar-refractivity contribution in [3.8, 4) is 0 Å². The number of nitrogens with one attached hydrogen (secondary N) is 1. The van der Waals surface area contributed by atoms with Gasteiger partial charge in [0.1, 0.15) is 0 Å². The van der Waals surface area contributed by atoms with Gasteiger partial charge in [0.15, 0.2) is 5.17 Å². The molecule has 3 rings (SSSR count). The van der Waals surface area contributed by atoms with E-state index < -0.39 is 11.9 Å². The van der Waals surface area contributed by atoms with Gasteiger partial charge in [-0.3, -0.25) is 14.9 Å². The van der Waals surface area contributed by atoms with Gasteiger partial charge in [0, 0.05) is 23.0 Å². The zero-order valence-electron chi connectivity index (χ0n) is 15.7. The largest absolute Gasteiger partial charge is 0.463 e. The van der Waals surface area contributed by atoms with Crippen LogP contribution in [0.15, 0.2) is 77.5 Å². The first-order chi connectivity index (χ1) is 14.1. The first kappa shape index (κ1) is 20.3. The zero-order chi connectivity index (χ0) is 20.6. The molecular formula is C21H19N3O4S. The quantitative estimate of drug-likeness (QED) is 0.619. The van der Waals surface area contributed by atoms with Crippen molar-refractivity contribution >= 4 is 34.7 Å². The lowest BCUT2D eigenvalue weighted by atomic mass is 10.2. The first-order valence-corrected chi connectivity index (χ1v) is 9.91. The van der Waals surface area contributed by atoms with Crippen LogP contribution >= 0.6 is 11.8 Å². The summed E-state index contributed by atoms with van der Waals surface area (Å²) in [6.07, 6.45) is 1.25. The molecular weight excluding hydrogens is 390 g/mol. The third-order valence-electron chi connectivity index (χ3n) is 3.86. The van der Waals surface area contributed by atoms with E-state index in [9.17, 15) is 14.4 Å². The molecule has 0 saturated carbocycles. The van der Waals surface area contributed by atoms with E-state index >= 15 is 0 Å². The topological polar surface area (TPSA) is 88.1 Å². The number of carbonyl (C=O) groups excluding carboxylic acids is 3. The first-order valence-electron chi connectivity index (χ1n) is 8.93. The average molecular weight is 409 g/mol. The van der Waals surface area contributed by atoms with Crippen LogP contribution < -0.4 is 5.32 Å². The normalized spacial score (nSPS) is 14.9. The molecule has 0 spiro atoms. The Labute approximate surface area is 172 Å². The summed E-state index contributed by atoms with van der Waals surface area (Å²) < 4.78 is 4.95. The van der Waals surface area contributed by atoms with Crippen LogP contribution in [0.3, 0.4) is 0 Å². The Morgan fingerprint density at radius 1 is 1.07 bits per heavy atom. The van der Waals surface area contributed by atoms with Gasteiger partial charge < -0.3 is 4.74 Å². The lowest BCUT2D eigenvalue weighted by molar-refractivity contribution is -0.137. The van der Waals surface area contributed by atoms with E-state index in [1.165, 1.54) is 17.8 Å². The SMILES string of the molecule is CCOC(=O)C=C1CSC(NC(=O)c2ccccc2)=NN1C(=O)c1ccccc1. The Bertz CT molecular complexity index is 958. The zero-order valence-corrected chi connectivity index (χ0v) is 16.5. The number of nitrogens with zero attached hydrogens (tertiary/aromatic N) is 2. The molecule has 2 amide bonds. The molecule has 1 N–H and O–H groups in total. The second kappa shape index (κ2) is 9.70. The summed E-state index contributed by atoms with van der Waals surface area (Å²) in [5, 5.41) is 8.38. The van der Waals surface area contributed by atoms with Crippen molar-refractivity contribution < 1.29 is 19.1 Å². The van der Waals surface area contributed by atoms with E-state index in [2.05, 4.69) is 10.4 Å². The minimum absolute atomic E-state index is 0.226. The van der Waals surface area contributed by atoms with Gasteiger partial charge >= 0.3 is 5.97 Å². The van der Waals surface area contributed by atoms with Crippen LogP contribution in [0.1, 0.15) is 27.6 Å². The molecule has 7 nitrogen and oxygen atoms in total. The van der Waals surface area contributed by atoms with Gasteiger partial charge in [-0.25, -0.2) is 4.79 Å². The lowest BCUT2D eigenvalue weighted by Gasteiger charge is -2.26. The second-order valence-electron chi connectivity index (χ2n) is 5.88. The number of esters is 1. The van der Waals surface area contributed by atoms with E-state index in [4.69, 9.17) is 4.74 Å². The smallest absolute Gasteiger partial charge is 0.332 e. The van der Waals surface area contributed by atoms with Crippen LogP contribution in [-0.4, -0.2) is 40.3 Å². The number of carbonyl (C=O) groups is 3. The summed E-state index contributed by atoms with van der Waals surface area (Å²) in [6, 6.07) is 17.3. The van der Waals surface area contributed by atoms with E-state index in [1.807, 2.05) is 6.07 Å². The van der Waals surface area contributed by atoms with Crippen molar-refractivity contribution in [2.75, 3.05) is 12.4 Å². The molecule has 0 saturated heterocycles. The van der Waals surface area contributed by atoms with Crippen molar-refractivity contribution in [1.29, 1.82) is 0 Å². The van der Waals surface area contributed by atoms with Crippen LogP contribution in [0, 0.1) is 0 Å². The molecule has 0 bridgehead atoms. The molecule has 2 aromatic rings. The summed E-state index contributed by atoms with van der Waals surface area (Å²) in [7, 11) is 0. The molecule has 0 unspecified atom stereocenters. The number of hydrogen-bond acceptors (Lipinski definition) is 6. The summed E-state index contributed by atoms with van der Waals surface area (Å²) in [5.74, 6) is -1.03. The number of ether oxygens (including phenoxy) is 1. The minimum Gasteiger partial charge on any atom is -0.463 e. The average Bonchev–Trinajstić information content (AvgIpc) is 2.75. The lowest BCUT2D eigenvalue weighted by Crippen LogP contribution is -2.37. The fraction of sp³-hybridized carbons (Fsp3) is 0.143. The number of hydrogen-bond donors (Lipinski definition) is 1. The standard InChI is InChI=1S/C21H19N3O4S/c1-2-28-18(25)13-17-14-29-21(22-19(26)15-9-5-3-6-10-15)23-24(17)20(27)16-11-7-4-8-12-16/h3-13H,2,14H2,1H3,(H,22,23,26). The molecule has 2 aromatic carbocycles. The van der Waals surface area contributed by atoms with E-state index in [1.54, 1.807) is 61.5 Å². The maximum Gasteiger partial charge on any atom is 0.332 e. The Balaban J connectivity index is 1.88. The van der Waals surface area contributed by atoms with Gasteiger partial charge in [0.05, 0.1) is 12.3 Å². The van der Waals surface area contributed by atoms with Crippen molar-refractivity contribution in [3.05, 3.63) is 83.6 Å². The monoisotopic (exact) mass is 409 g/mol. The maximum atomic E-state index is 13.0. The molecule has 0 radical (unpaired) electrons. The Morgan fingerprint density at radius 3 is 2.31 bits per heavy atom. The number of benzene rings is 2. The third kappa shape index (κ3) is 5.32. The van der Waals surface area contributed by atoms with Crippen molar-refractivity contribution in [3.63, 3.8) is 0 Å². The van der Waals surface area contributed by atoms with Crippen molar-refractivity contribution in [2.24, 2.45) is 5.10 Å². The Morgan fingerprint density at radius 2 is 1.69 bits per heavy atom. The highest BCUT2D eigenvalue weighted by molar-refractivity contribution is 8.14. The second-order valence-corrected chi connectivity index (χ2v) is 6.85. The van der Waals surface area contributed by atoms with Crippen LogP contribution in [0.4, 0.5) is 0 Å². The van der Waals surface area contributed by atoms with E-state index in [-0.39, 0.29) is 23.4 Å². The predicted octanol–water partition coefficient (Wildman–Crippen LogP) is 3.02. The summed E-state index contributed by atoms with van der Waals surface area (Å²) in [5.41, 5.74) is 1.26. The van der Waals surface area contributed by atoms with Gasteiger partial charge in [-0.05, 0) is 31.2 Å². The number of amides is 2. The van der Waals surface area contributed by atoms with Gasteiger partial charge in [-0.2, -0.15) is 5.01 Å². The van der Waals surface area contributed by atoms with Crippen molar-refractivity contribution in [1.82, 2.24) is 10.3 Å². The van der Waals surface area contributed by atoms with E-state index in [0.29, 0.717) is 16.8 Å². The van der Waals surface area contributed by atoms with Gasteiger partial charge in [-0.1, -0.05) is 48.2 Å². The summed E-state index contributed by atoms with van der Waals surface area (Å²) in [4.78, 5) is 37.3. The highest BCUT2D eigenvalue weighted by Crippen LogP contribution is 2.23. The molecule has 148 valence electrons.